The molecule has 0 aliphatic carbocycles. The van der Waals surface area contributed by atoms with Gasteiger partial charge in [0, 0.05) is 16.4 Å². The van der Waals surface area contributed by atoms with E-state index in [0.29, 0.717) is 40.0 Å². The second kappa shape index (κ2) is 6.96. The van der Waals surface area contributed by atoms with Crippen LogP contribution >= 0.6 is 0 Å². The van der Waals surface area contributed by atoms with Gasteiger partial charge < -0.3 is 10.1 Å². The molecule has 8 heteroatoms. The van der Waals surface area contributed by atoms with E-state index < -0.39 is 10.8 Å². The summed E-state index contributed by atoms with van der Waals surface area (Å²) in [4.78, 5) is 12.8. The van der Waals surface area contributed by atoms with Crippen LogP contribution in [0.1, 0.15) is 21.6 Å². The Hall–Kier alpha value is -3.00. The van der Waals surface area contributed by atoms with E-state index in [1.165, 1.54) is 19.2 Å². The molecule has 0 bridgehead atoms. The lowest BCUT2D eigenvalue weighted by molar-refractivity contribution is 0.102. The van der Waals surface area contributed by atoms with Crippen molar-refractivity contribution in [1.29, 1.82) is 0 Å². The number of carbonyl (C=O) groups is 1. The van der Waals surface area contributed by atoms with Gasteiger partial charge in [-0.2, -0.15) is 5.10 Å². The molecule has 138 valence electrons. The molecule has 4 rings (SSSR count). The third-order valence-corrected chi connectivity index (χ3v) is 5.53. The number of nitrogens with zero attached hydrogens (tertiary/aromatic N) is 2. The first kappa shape index (κ1) is 17.4. The molecule has 1 aliphatic heterocycles. The monoisotopic (exact) mass is 385 g/mol. The summed E-state index contributed by atoms with van der Waals surface area (Å²) in [5.74, 6) is 0.816. The minimum absolute atomic E-state index is 0.318. The zero-order valence-electron chi connectivity index (χ0n) is 14.4. The highest BCUT2D eigenvalue weighted by atomic mass is 32.2. The van der Waals surface area contributed by atoms with Gasteiger partial charge in [-0.3, -0.25) is 9.00 Å². The van der Waals surface area contributed by atoms with Crippen LogP contribution in [-0.4, -0.2) is 27.0 Å². The van der Waals surface area contributed by atoms with Gasteiger partial charge in [-0.1, -0.05) is 12.1 Å². The maximum atomic E-state index is 13.3. The molecule has 1 aliphatic rings. The molecule has 2 heterocycles. The SMILES string of the molecule is COc1ccccc1C(=O)Nc1c2c(nn1-c1ccc(F)cc1)CS(=O)C2. The molecule has 2 aromatic carbocycles. The van der Waals surface area contributed by atoms with Gasteiger partial charge in [0.05, 0.1) is 35.6 Å². The summed E-state index contributed by atoms with van der Waals surface area (Å²) in [5, 5.41) is 7.35. The van der Waals surface area contributed by atoms with Crippen LogP contribution in [0.25, 0.3) is 5.69 Å². The lowest BCUT2D eigenvalue weighted by atomic mass is 10.2. The fourth-order valence-electron chi connectivity index (χ4n) is 3.03. The van der Waals surface area contributed by atoms with Crippen LogP contribution in [0, 0.1) is 5.82 Å². The van der Waals surface area contributed by atoms with Crippen molar-refractivity contribution in [2.24, 2.45) is 0 Å². The van der Waals surface area contributed by atoms with E-state index in [1.54, 1.807) is 41.1 Å². The minimum atomic E-state index is -1.04. The molecule has 1 aromatic heterocycles. The number of methoxy groups -OCH3 is 1. The van der Waals surface area contributed by atoms with Crippen molar-refractivity contribution < 1.29 is 18.1 Å². The number of ether oxygens (including phenoxy) is 1. The molecule has 0 radical (unpaired) electrons. The zero-order valence-corrected chi connectivity index (χ0v) is 15.3. The number of para-hydroxylation sites is 1. The van der Waals surface area contributed by atoms with Gasteiger partial charge in [0.2, 0.25) is 0 Å². The highest BCUT2D eigenvalue weighted by molar-refractivity contribution is 7.83. The third kappa shape index (κ3) is 3.23. The molecule has 0 spiro atoms. The average Bonchev–Trinajstić information content (AvgIpc) is 3.19. The Morgan fingerprint density at radius 1 is 1.19 bits per heavy atom. The van der Waals surface area contributed by atoms with Gasteiger partial charge in [-0.15, -0.1) is 0 Å². The first-order valence-corrected chi connectivity index (χ1v) is 9.71. The van der Waals surface area contributed by atoms with Crippen LogP contribution in [0.15, 0.2) is 48.5 Å². The number of fused-ring (bicyclic) bond motifs is 1. The van der Waals surface area contributed by atoms with Crippen molar-refractivity contribution in [1.82, 2.24) is 9.78 Å². The van der Waals surface area contributed by atoms with Crippen molar-refractivity contribution in [3.05, 3.63) is 71.2 Å². The summed E-state index contributed by atoms with van der Waals surface area (Å²) in [6.07, 6.45) is 0. The predicted octanol–water partition coefficient (Wildman–Crippen LogP) is 3.03. The molecule has 1 N–H and O–H groups in total. The molecule has 1 amide bonds. The lowest BCUT2D eigenvalue weighted by Gasteiger charge is -2.12. The largest absolute Gasteiger partial charge is 0.496 e. The smallest absolute Gasteiger partial charge is 0.260 e. The average molecular weight is 385 g/mol. The Bertz CT molecular complexity index is 1050. The fraction of sp³-hybridized carbons (Fsp3) is 0.158. The van der Waals surface area contributed by atoms with E-state index in [2.05, 4.69) is 10.4 Å². The number of halogens is 1. The third-order valence-electron chi connectivity index (χ3n) is 4.32. The number of amides is 1. The minimum Gasteiger partial charge on any atom is -0.496 e. The van der Waals surface area contributed by atoms with E-state index >= 15 is 0 Å². The fourth-order valence-corrected chi connectivity index (χ4v) is 4.30. The number of rotatable bonds is 4. The van der Waals surface area contributed by atoms with Crippen LogP contribution in [0.4, 0.5) is 10.2 Å². The summed E-state index contributed by atoms with van der Waals surface area (Å²) in [6.45, 7) is 0. The number of benzene rings is 2. The topological polar surface area (TPSA) is 73.2 Å². The summed E-state index contributed by atoms with van der Waals surface area (Å²) in [6, 6.07) is 12.7. The highest BCUT2D eigenvalue weighted by Crippen LogP contribution is 2.32. The Balaban J connectivity index is 1.76. The number of aromatic nitrogens is 2. The van der Waals surface area contributed by atoms with Crippen molar-refractivity contribution in [2.75, 3.05) is 12.4 Å². The van der Waals surface area contributed by atoms with E-state index in [-0.39, 0.29) is 11.7 Å². The first-order chi connectivity index (χ1) is 13.1. The zero-order chi connectivity index (χ0) is 19.0. The summed E-state index contributed by atoms with van der Waals surface area (Å²) < 4.78 is 32.0. The van der Waals surface area contributed by atoms with E-state index in [0.717, 1.165) is 5.56 Å². The predicted molar refractivity (Wildman–Crippen MR) is 100 cm³/mol. The van der Waals surface area contributed by atoms with Crippen LogP contribution in [-0.2, 0) is 22.3 Å². The maximum absolute atomic E-state index is 13.3. The van der Waals surface area contributed by atoms with Crippen molar-refractivity contribution in [3.8, 4) is 11.4 Å². The molecule has 1 unspecified atom stereocenters. The molecule has 1 atom stereocenters. The molecule has 27 heavy (non-hydrogen) atoms. The summed E-state index contributed by atoms with van der Waals surface area (Å²) in [7, 11) is 0.452. The van der Waals surface area contributed by atoms with Gasteiger partial charge in [-0.25, -0.2) is 9.07 Å². The van der Waals surface area contributed by atoms with E-state index in [4.69, 9.17) is 4.74 Å². The van der Waals surface area contributed by atoms with Gasteiger partial charge in [0.15, 0.2) is 0 Å². The second-order valence-corrected chi connectivity index (χ2v) is 7.50. The second-order valence-electron chi connectivity index (χ2n) is 6.04. The summed E-state index contributed by atoms with van der Waals surface area (Å²) >= 11 is 0. The quantitative estimate of drug-likeness (QED) is 0.749. The van der Waals surface area contributed by atoms with Crippen LogP contribution in [0.5, 0.6) is 5.75 Å². The highest BCUT2D eigenvalue weighted by Gasteiger charge is 2.29. The van der Waals surface area contributed by atoms with Crippen LogP contribution in [0.3, 0.4) is 0 Å². The molecule has 6 nitrogen and oxygen atoms in total. The van der Waals surface area contributed by atoms with Crippen molar-refractivity contribution in [3.63, 3.8) is 0 Å². The Kier molecular flexibility index (Phi) is 4.49. The van der Waals surface area contributed by atoms with E-state index in [9.17, 15) is 13.4 Å². The standard InChI is InChI=1S/C19H16FN3O3S/c1-26-17-5-3-2-4-14(17)19(24)21-18-15-10-27(25)11-16(15)22-23(18)13-8-6-12(20)7-9-13/h2-9H,10-11H2,1H3,(H,21,24). The molecule has 0 saturated heterocycles. The lowest BCUT2D eigenvalue weighted by Crippen LogP contribution is -2.17. The van der Waals surface area contributed by atoms with Crippen molar-refractivity contribution in [2.45, 2.75) is 11.5 Å². The van der Waals surface area contributed by atoms with Gasteiger partial charge in [0.1, 0.15) is 17.4 Å². The Morgan fingerprint density at radius 3 is 2.67 bits per heavy atom. The van der Waals surface area contributed by atoms with Gasteiger partial charge >= 0.3 is 0 Å². The number of nitrogens with one attached hydrogen (secondary N) is 1. The Labute approximate surface area is 157 Å². The molecule has 0 saturated carbocycles. The van der Waals surface area contributed by atoms with Crippen LogP contribution in [0.2, 0.25) is 0 Å². The molecular weight excluding hydrogens is 369 g/mol. The first-order valence-electron chi connectivity index (χ1n) is 8.23. The van der Waals surface area contributed by atoms with Gasteiger partial charge in [-0.05, 0) is 36.4 Å². The molecular formula is C19H16FN3O3S. The number of carbonyl (C=O) groups excluding carboxylic acids is 1. The number of hydrogen-bond donors (Lipinski definition) is 1. The van der Waals surface area contributed by atoms with Crippen LogP contribution < -0.4 is 10.1 Å². The normalized spacial score (nSPS) is 15.4. The summed E-state index contributed by atoms with van der Waals surface area (Å²) in [5.41, 5.74) is 2.39. The Morgan fingerprint density at radius 2 is 1.93 bits per heavy atom. The van der Waals surface area contributed by atoms with Gasteiger partial charge in [0.25, 0.3) is 5.91 Å². The molecule has 0 fully saturated rings. The number of hydrogen-bond acceptors (Lipinski definition) is 4. The maximum Gasteiger partial charge on any atom is 0.260 e. The van der Waals surface area contributed by atoms with E-state index in [1.807, 2.05) is 0 Å². The molecule has 3 aromatic rings. The van der Waals surface area contributed by atoms with Crippen molar-refractivity contribution >= 4 is 22.5 Å². The number of anilines is 1.